The van der Waals surface area contributed by atoms with Crippen molar-refractivity contribution in [1.82, 2.24) is 4.90 Å². The molecule has 1 heterocycles. The molecule has 1 atom stereocenters. The molecule has 0 aliphatic carbocycles. The molecule has 18 heavy (non-hydrogen) atoms. The Bertz CT molecular complexity index is 459. The van der Waals surface area contributed by atoms with Crippen molar-refractivity contribution in [2.45, 2.75) is 38.3 Å². The number of carbonyl (C=O) groups is 1. The summed E-state index contributed by atoms with van der Waals surface area (Å²) in [7, 11) is 0. The van der Waals surface area contributed by atoms with Gasteiger partial charge >= 0.3 is 0 Å². The van der Waals surface area contributed by atoms with E-state index in [0.717, 1.165) is 17.3 Å². The maximum atomic E-state index is 12.6. The molecule has 1 aromatic rings. The van der Waals surface area contributed by atoms with Gasteiger partial charge in [0.15, 0.2) is 0 Å². The normalized spacial score (nSPS) is 22.9. The van der Waals surface area contributed by atoms with Gasteiger partial charge in [-0.1, -0.05) is 12.1 Å². The lowest BCUT2D eigenvalue weighted by Crippen LogP contribution is -2.56. The van der Waals surface area contributed by atoms with Crippen LogP contribution >= 0.6 is 15.9 Å². The van der Waals surface area contributed by atoms with Gasteiger partial charge in [-0.2, -0.15) is 0 Å². The topological polar surface area (TPSA) is 46.3 Å². The van der Waals surface area contributed by atoms with Crippen molar-refractivity contribution in [1.29, 1.82) is 0 Å². The standard InChI is InChI=1S/C14H19BrN2O/c1-14(2)8-7-10(16)9-17(14)13(18)11-5-3-4-6-12(11)15/h3-6,10H,7-9,16H2,1-2H3. The van der Waals surface area contributed by atoms with Gasteiger partial charge < -0.3 is 10.6 Å². The van der Waals surface area contributed by atoms with E-state index >= 15 is 0 Å². The van der Waals surface area contributed by atoms with E-state index in [1.165, 1.54) is 0 Å². The average molecular weight is 311 g/mol. The van der Waals surface area contributed by atoms with E-state index < -0.39 is 0 Å². The second-order valence-corrected chi connectivity index (χ2v) is 6.36. The molecule has 0 bridgehead atoms. The van der Waals surface area contributed by atoms with Gasteiger partial charge in [0.25, 0.3) is 5.91 Å². The zero-order valence-electron chi connectivity index (χ0n) is 10.8. The highest BCUT2D eigenvalue weighted by molar-refractivity contribution is 9.10. The smallest absolute Gasteiger partial charge is 0.255 e. The maximum Gasteiger partial charge on any atom is 0.255 e. The number of nitrogens with zero attached hydrogens (tertiary/aromatic N) is 1. The third kappa shape index (κ3) is 2.59. The van der Waals surface area contributed by atoms with Gasteiger partial charge in [-0.25, -0.2) is 0 Å². The fraction of sp³-hybridized carbons (Fsp3) is 0.500. The number of carbonyl (C=O) groups excluding carboxylic acids is 1. The van der Waals surface area contributed by atoms with Gasteiger partial charge in [0.2, 0.25) is 0 Å². The quantitative estimate of drug-likeness (QED) is 0.867. The molecule has 1 amide bonds. The van der Waals surface area contributed by atoms with Crippen molar-refractivity contribution >= 4 is 21.8 Å². The van der Waals surface area contributed by atoms with Crippen molar-refractivity contribution in [2.24, 2.45) is 5.73 Å². The van der Waals surface area contributed by atoms with E-state index in [1.807, 2.05) is 29.2 Å². The lowest BCUT2D eigenvalue weighted by molar-refractivity contribution is 0.0394. The number of hydrogen-bond acceptors (Lipinski definition) is 2. The number of piperidine rings is 1. The Morgan fingerprint density at radius 3 is 2.78 bits per heavy atom. The highest BCUT2D eigenvalue weighted by Gasteiger charge is 2.36. The third-order valence-electron chi connectivity index (χ3n) is 3.62. The van der Waals surface area contributed by atoms with Gasteiger partial charge in [-0.3, -0.25) is 4.79 Å². The summed E-state index contributed by atoms with van der Waals surface area (Å²) in [5.41, 5.74) is 6.58. The SMILES string of the molecule is CC1(C)CCC(N)CN1C(=O)c1ccccc1Br. The molecule has 1 aromatic carbocycles. The Hall–Kier alpha value is -0.870. The van der Waals surface area contributed by atoms with Gasteiger partial charge in [0.05, 0.1) is 5.56 Å². The van der Waals surface area contributed by atoms with Crippen LogP contribution in [-0.4, -0.2) is 28.9 Å². The number of halogens is 1. The number of nitrogens with two attached hydrogens (primary N) is 1. The first-order chi connectivity index (χ1) is 8.42. The van der Waals surface area contributed by atoms with Gasteiger partial charge in [-0.05, 0) is 54.8 Å². The number of likely N-dealkylation sites (tertiary alicyclic amines) is 1. The van der Waals surface area contributed by atoms with Crippen LogP contribution in [0.4, 0.5) is 0 Å². The summed E-state index contributed by atoms with van der Waals surface area (Å²) in [6.07, 6.45) is 1.93. The minimum absolute atomic E-state index is 0.0580. The maximum absolute atomic E-state index is 12.6. The fourth-order valence-corrected chi connectivity index (χ4v) is 2.84. The first-order valence-electron chi connectivity index (χ1n) is 6.24. The summed E-state index contributed by atoms with van der Waals surface area (Å²) < 4.78 is 0.838. The van der Waals surface area contributed by atoms with Gasteiger partial charge in [0.1, 0.15) is 0 Å². The van der Waals surface area contributed by atoms with Gasteiger partial charge in [0, 0.05) is 22.6 Å². The minimum Gasteiger partial charge on any atom is -0.332 e. The van der Waals surface area contributed by atoms with Crippen LogP contribution in [0.5, 0.6) is 0 Å². The van der Waals surface area contributed by atoms with Crippen molar-refractivity contribution in [2.75, 3.05) is 6.54 Å². The van der Waals surface area contributed by atoms with Crippen LogP contribution in [0.2, 0.25) is 0 Å². The highest BCUT2D eigenvalue weighted by atomic mass is 79.9. The average Bonchev–Trinajstić information content (AvgIpc) is 2.32. The van der Waals surface area contributed by atoms with Crippen molar-refractivity contribution < 1.29 is 4.79 Å². The van der Waals surface area contributed by atoms with Crippen LogP contribution in [0.25, 0.3) is 0 Å². The summed E-state index contributed by atoms with van der Waals surface area (Å²) >= 11 is 3.44. The van der Waals surface area contributed by atoms with Gasteiger partial charge in [-0.15, -0.1) is 0 Å². The summed E-state index contributed by atoms with van der Waals surface area (Å²) in [6, 6.07) is 7.62. The number of hydrogen-bond donors (Lipinski definition) is 1. The Balaban J connectivity index is 2.30. The van der Waals surface area contributed by atoms with Crippen LogP contribution in [0.3, 0.4) is 0 Å². The molecule has 0 spiro atoms. The van der Waals surface area contributed by atoms with Crippen molar-refractivity contribution in [3.8, 4) is 0 Å². The Labute approximate surface area is 116 Å². The molecule has 3 nitrogen and oxygen atoms in total. The van der Waals surface area contributed by atoms with E-state index in [2.05, 4.69) is 29.8 Å². The van der Waals surface area contributed by atoms with Crippen LogP contribution < -0.4 is 5.73 Å². The molecule has 0 radical (unpaired) electrons. The molecule has 0 saturated carbocycles. The predicted octanol–water partition coefficient (Wildman–Crippen LogP) is 2.79. The fourth-order valence-electron chi connectivity index (χ4n) is 2.38. The summed E-state index contributed by atoms with van der Waals surface area (Å²) in [5, 5.41) is 0. The summed E-state index contributed by atoms with van der Waals surface area (Å²) in [5.74, 6) is 0.0580. The molecule has 98 valence electrons. The Kier molecular flexibility index (Phi) is 3.78. The predicted molar refractivity (Wildman–Crippen MR) is 76.5 cm³/mol. The molecule has 1 aliphatic heterocycles. The van der Waals surface area contributed by atoms with E-state index in [0.29, 0.717) is 12.1 Å². The lowest BCUT2D eigenvalue weighted by Gasteiger charge is -2.44. The van der Waals surface area contributed by atoms with E-state index in [-0.39, 0.29) is 17.5 Å². The zero-order valence-corrected chi connectivity index (χ0v) is 12.4. The molecule has 0 aromatic heterocycles. The van der Waals surface area contributed by atoms with Crippen LogP contribution in [0.15, 0.2) is 28.7 Å². The Morgan fingerprint density at radius 2 is 2.11 bits per heavy atom. The van der Waals surface area contributed by atoms with Crippen LogP contribution in [0.1, 0.15) is 37.0 Å². The molecule has 1 unspecified atom stereocenters. The minimum atomic E-state index is -0.123. The van der Waals surface area contributed by atoms with Crippen molar-refractivity contribution in [3.05, 3.63) is 34.3 Å². The molecular formula is C14H19BrN2O. The van der Waals surface area contributed by atoms with E-state index in [9.17, 15) is 4.79 Å². The molecule has 4 heteroatoms. The lowest BCUT2D eigenvalue weighted by atomic mass is 9.87. The third-order valence-corrected chi connectivity index (χ3v) is 4.32. The molecular weight excluding hydrogens is 292 g/mol. The molecule has 1 fully saturated rings. The van der Waals surface area contributed by atoms with Crippen molar-refractivity contribution in [3.63, 3.8) is 0 Å². The largest absolute Gasteiger partial charge is 0.332 e. The first kappa shape index (κ1) is 13.6. The number of benzene rings is 1. The molecule has 2 rings (SSSR count). The van der Waals surface area contributed by atoms with E-state index in [1.54, 1.807) is 0 Å². The van der Waals surface area contributed by atoms with Crippen LogP contribution in [-0.2, 0) is 0 Å². The highest BCUT2D eigenvalue weighted by Crippen LogP contribution is 2.30. The second kappa shape index (κ2) is 5.02. The zero-order chi connectivity index (χ0) is 13.3. The monoisotopic (exact) mass is 310 g/mol. The summed E-state index contributed by atoms with van der Waals surface area (Å²) in [6.45, 7) is 4.84. The second-order valence-electron chi connectivity index (χ2n) is 5.51. The summed E-state index contributed by atoms with van der Waals surface area (Å²) in [4.78, 5) is 14.5. The number of rotatable bonds is 1. The van der Waals surface area contributed by atoms with Crippen LogP contribution in [0, 0.1) is 0 Å². The molecule has 1 aliphatic rings. The number of amides is 1. The van der Waals surface area contributed by atoms with E-state index in [4.69, 9.17) is 5.73 Å². The molecule has 1 saturated heterocycles. The first-order valence-corrected chi connectivity index (χ1v) is 7.03. The Morgan fingerprint density at radius 1 is 1.44 bits per heavy atom. The molecule has 2 N–H and O–H groups in total.